The molecule has 2 aromatic rings. The van der Waals surface area contributed by atoms with Crippen LogP contribution in [0.3, 0.4) is 0 Å². The van der Waals surface area contributed by atoms with Crippen LogP contribution in [0.25, 0.3) is 0 Å². The highest BCUT2D eigenvalue weighted by Gasteiger charge is 2.25. The van der Waals surface area contributed by atoms with E-state index in [0.29, 0.717) is 32.0 Å². The Morgan fingerprint density at radius 3 is 2.25 bits per heavy atom. The molecule has 0 bridgehead atoms. The second-order valence-corrected chi connectivity index (χ2v) is 5.45. The van der Waals surface area contributed by atoms with Gasteiger partial charge in [-0.15, -0.1) is 0 Å². The minimum atomic E-state index is -0.923. The number of anilines is 2. The number of aryl methyl sites for hydroxylation is 1. The minimum Gasteiger partial charge on any atom is -0.363 e. The molecule has 7 nitrogen and oxygen atoms in total. The van der Waals surface area contributed by atoms with Crippen molar-refractivity contribution in [2.75, 3.05) is 36.0 Å². The molecule has 0 N–H and O–H groups in total. The Labute approximate surface area is 136 Å². The highest BCUT2D eigenvalue weighted by molar-refractivity contribution is 5.55. The van der Waals surface area contributed by atoms with E-state index in [4.69, 9.17) is 0 Å². The highest BCUT2D eigenvalue weighted by Crippen LogP contribution is 2.29. The number of aromatic nitrogens is 2. The second kappa shape index (κ2) is 6.34. The van der Waals surface area contributed by atoms with Crippen LogP contribution in [0.5, 0.6) is 0 Å². The fraction of sp³-hybridized carbons (Fsp3) is 0.333. The first-order valence-corrected chi connectivity index (χ1v) is 7.38. The number of hydrogen-bond acceptors (Lipinski definition) is 6. The van der Waals surface area contributed by atoms with Crippen LogP contribution >= 0.6 is 0 Å². The molecule has 0 spiro atoms. The normalized spacial score (nSPS) is 14.8. The van der Waals surface area contributed by atoms with Crippen molar-refractivity contribution in [1.82, 2.24) is 9.97 Å². The highest BCUT2D eigenvalue weighted by atomic mass is 19.1. The van der Waals surface area contributed by atoms with Crippen molar-refractivity contribution >= 4 is 17.2 Å². The number of halogens is 2. The summed E-state index contributed by atoms with van der Waals surface area (Å²) in [7, 11) is 0. The van der Waals surface area contributed by atoms with Gasteiger partial charge in [0, 0.05) is 32.4 Å². The molecule has 0 amide bonds. The lowest BCUT2D eigenvalue weighted by Gasteiger charge is -2.36. The Kier molecular flexibility index (Phi) is 4.24. The molecule has 1 aromatic heterocycles. The van der Waals surface area contributed by atoms with Gasteiger partial charge in [-0.1, -0.05) is 0 Å². The molecular weight excluding hydrogens is 320 g/mol. The molecule has 126 valence electrons. The molecule has 24 heavy (non-hydrogen) atoms. The number of nitrogens with zero attached hydrogens (tertiary/aromatic N) is 5. The van der Waals surface area contributed by atoms with Gasteiger partial charge in [0.25, 0.3) is 5.69 Å². The summed E-state index contributed by atoms with van der Waals surface area (Å²) in [4.78, 5) is 21.8. The number of rotatable bonds is 3. The molecule has 0 radical (unpaired) electrons. The Hall–Kier alpha value is -2.84. The van der Waals surface area contributed by atoms with Crippen molar-refractivity contribution in [3.8, 4) is 0 Å². The largest absolute Gasteiger partial charge is 0.363 e. The maximum atomic E-state index is 14.1. The number of nitro benzene ring substituents is 1. The second-order valence-electron chi connectivity index (χ2n) is 5.45. The molecule has 2 heterocycles. The van der Waals surface area contributed by atoms with Gasteiger partial charge in [-0.3, -0.25) is 10.1 Å². The standard InChI is InChI=1S/C15H15F2N5O2/c1-10-18-3-2-14(19-10)20-4-6-21(7-5-20)15-12(16)8-11(22(23)24)9-13(15)17/h2-3,8-9H,4-7H2,1H3. The van der Waals surface area contributed by atoms with Crippen LogP contribution in [0, 0.1) is 28.7 Å². The third kappa shape index (κ3) is 3.10. The molecule has 3 rings (SSSR count). The van der Waals surface area contributed by atoms with Crippen molar-refractivity contribution in [2.45, 2.75) is 6.92 Å². The van der Waals surface area contributed by atoms with Crippen molar-refractivity contribution in [2.24, 2.45) is 0 Å². The van der Waals surface area contributed by atoms with Gasteiger partial charge < -0.3 is 9.80 Å². The molecule has 0 atom stereocenters. The summed E-state index contributed by atoms with van der Waals surface area (Å²) in [6.45, 7) is 3.63. The van der Waals surface area contributed by atoms with Crippen LogP contribution < -0.4 is 9.80 Å². The van der Waals surface area contributed by atoms with Crippen LogP contribution in [-0.2, 0) is 0 Å². The smallest absolute Gasteiger partial charge is 0.275 e. The monoisotopic (exact) mass is 335 g/mol. The zero-order valence-corrected chi connectivity index (χ0v) is 12.9. The maximum absolute atomic E-state index is 14.1. The summed E-state index contributed by atoms with van der Waals surface area (Å²) >= 11 is 0. The summed E-state index contributed by atoms with van der Waals surface area (Å²) in [6, 6.07) is 3.28. The zero-order chi connectivity index (χ0) is 17.3. The molecule has 1 aliphatic heterocycles. The first-order chi connectivity index (χ1) is 11.5. The molecule has 0 aliphatic carbocycles. The first kappa shape index (κ1) is 16.0. The quantitative estimate of drug-likeness (QED) is 0.633. The fourth-order valence-corrected chi connectivity index (χ4v) is 2.74. The summed E-state index contributed by atoms with van der Waals surface area (Å²) < 4.78 is 28.2. The summed E-state index contributed by atoms with van der Waals surface area (Å²) in [5, 5.41) is 10.7. The van der Waals surface area contributed by atoms with E-state index in [0.717, 1.165) is 18.0 Å². The average molecular weight is 335 g/mol. The Morgan fingerprint density at radius 1 is 1.12 bits per heavy atom. The van der Waals surface area contributed by atoms with E-state index >= 15 is 0 Å². The summed E-state index contributed by atoms with van der Waals surface area (Å²) in [6.07, 6.45) is 1.67. The SMILES string of the molecule is Cc1nccc(N2CCN(c3c(F)cc([N+](=O)[O-])cc3F)CC2)n1. The van der Waals surface area contributed by atoms with Crippen molar-refractivity contribution in [3.63, 3.8) is 0 Å². The van der Waals surface area contributed by atoms with Gasteiger partial charge in [0.15, 0.2) is 11.6 Å². The predicted molar refractivity (Wildman–Crippen MR) is 84.2 cm³/mol. The van der Waals surface area contributed by atoms with Crippen LogP contribution in [0.1, 0.15) is 5.82 Å². The Balaban J connectivity index is 1.76. The number of benzene rings is 1. The van der Waals surface area contributed by atoms with Crippen LogP contribution in [0.2, 0.25) is 0 Å². The molecule has 1 aromatic carbocycles. The van der Waals surface area contributed by atoms with Gasteiger partial charge in [0.05, 0.1) is 17.1 Å². The molecule has 0 saturated carbocycles. The van der Waals surface area contributed by atoms with Crippen molar-refractivity contribution in [1.29, 1.82) is 0 Å². The van der Waals surface area contributed by atoms with Crippen molar-refractivity contribution < 1.29 is 13.7 Å². The lowest BCUT2D eigenvalue weighted by atomic mass is 10.2. The summed E-state index contributed by atoms with van der Waals surface area (Å²) in [5.41, 5.74) is -0.817. The molecule has 1 aliphatic rings. The zero-order valence-electron chi connectivity index (χ0n) is 12.9. The van der Waals surface area contributed by atoms with Gasteiger partial charge in [-0.05, 0) is 13.0 Å². The lowest BCUT2D eigenvalue weighted by molar-refractivity contribution is -0.385. The van der Waals surface area contributed by atoms with Crippen molar-refractivity contribution in [3.05, 3.63) is 52.0 Å². The molecule has 1 fully saturated rings. The third-order valence-electron chi connectivity index (χ3n) is 3.89. The maximum Gasteiger partial charge on any atom is 0.275 e. The van der Waals surface area contributed by atoms with Crippen LogP contribution in [0.4, 0.5) is 26.0 Å². The topological polar surface area (TPSA) is 75.4 Å². The van der Waals surface area contributed by atoms with E-state index in [-0.39, 0.29) is 5.69 Å². The van der Waals surface area contributed by atoms with Gasteiger partial charge in [0.1, 0.15) is 17.3 Å². The van der Waals surface area contributed by atoms with E-state index in [9.17, 15) is 18.9 Å². The average Bonchev–Trinajstić information content (AvgIpc) is 2.54. The Bertz CT molecular complexity index is 755. The van der Waals surface area contributed by atoms with Gasteiger partial charge in [0.2, 0.25) is 0 Å². The minimum absolute atomic E-state index is 0.223. The molecule has 9 heteroatoms. The third-order valence-corrected chi connectivity index (χ3v) is 3.89. The number of piperazine rings is 1. The Morgan fingerprint density at radius 2 is 1.71 bits per heavy atom. The van der Waals surface area contributed by atoms with E-state index in [1.54, 1.807) is 24.1 Å². The van der Waals surface area contributed by atoms with Crippen LogP contribution in [0.15, 0.2) is 24.4 Å². The number of non-ortho nitro benzene ring substituents is 1. The number of hydrogen-bond donors (Lipinski definition) is 0. The number of nitro groups is 1. The molecular formula is C15H15F2N5O2. The van der Waals surface area contributed by atoms with E-state index in [1.807, 2.05) is 4.90 Å². The van der Waals surface area contributed by atoms with Gasteiger partial charge in [-0.2, -0.15) is 0 Å². The van der Waals surface area contributed by atoms with Gasteiger partial charge in [-0.25, -0.2) is 18.7 Å². The fourth-order valence-electron chi connectivity index (χ4n) is 2.74. The predicted octanol–water partition coefficient (Wildman–Crippen LogP) is 2.30. The van der Waals surface area contributed by atoms with E-state index in [1.165, 1.54) is 0 Å². The molecule has 0 unspecified atom stereocenters. The molecule has 1 saturated heterocycles. The lowest BCUT2D eigenvalue weighted by Crippen LogP contribution is -2.47. The van der Waals surface area contributed by atoms with E-state index < -0.39 is 22.2 Å². The van der Waals surface area contributed by atoms with Gasteiger partial charge >= 0.3 is 0 Å². The summed E-state index contributed by atoms with van der Waals surface area (Å²) in [5.74, 6) is -0.421. The van der Waals surface area contributed by atoms with E-state index in [2.05, 4.69) is 9.97 Å². The van der Waals surface area contributed by atoms with Crippen LogP contribution in [-0.4, -0.2) is 41.1 Å². The first-order valence-electron chi connectivity index (χ1n) is 7.38.